The summed E-state index contributed by atoms with van der Waals surface area (Å²) in [5, 5.41) is 21.1. The fourth-order valence-corrected chi connectivity index (χ4v) is 7.92. The van der Waals surface area contributed by atoms with Crippen molar-refractivity contribution in [2.45, 2.75) is 82.4 Å². The topological polar surface area (TPSA) is 93.1 Å². The summed E-state index contributed by atoms with van der Waals surface area (Å²) in [7, 11) is 0. The highest BCUT2D eigenvalue weighted by Gasteiger charge is 2.80. The predicted octanol–water partition coefficient (Wildman–Crippen LogP) is 2.37. The molecule has 3 saturated carbocycles. The van der Waals surface area contributed by atoms with Crippen LogP contribution in [0.2, 0.25) is 0 Å². The standard InChI is InChI=1S/C24H30F2O6/c1-20(2)31-19-9-13-14-8-16(25)15-7-12(28)5-6-21(15,3)23(14,26)17(29)10-22(13,4)24(19,32-20)18(30)11-27/h5-7,13-14,16-17,19,27,29H,8-11H2,1-4H3/t13-,14-,16-,17+,19+,21-,22+,23-,24-/m0/s1. The molecule has 4 fully saturated rings. The van der Waals surface area contributed by atoms with Gasteiger partial charge in [-0.15, -0.1) is 0 Å². The third-order valence-corrected chi connectivity index (χ3v) is 9.18. The summed E-state index contributed by atoms with van der Waals surface area (Å²) in [5.74, 6) is -3.53. The molecule has 1 aliphatic heterocycles. The van der Waals surface area contributed by atoms with Crippen molar-refractivity contribution in [3.8, 4) is 0 Å². The van der Waals surface area contributed by atoms with Crippen LogP contribution in [0.1, 0.15) is 47.0 Å². The average molecular weight is 452 g/mol. The number of rotatable bonds is 2. The molecule has 5 aliphatic rings. The van der Waals surface area contributed by atoms with Crippen molar-refractivity contribution in [1.82, 2.24) is 0 Å². The molecule has 0 unspecified atom stereocenters. The van der Waals surface area contributed by atoms with Gasteiger partial charge in [-0.2, -0.15) is 0 Å². The summed E-state index contributed by atoms with van der Waals surface area (Å²) < 4.78 is 44.8. The highest BCUT2D eigenvalue weighted by atomic mass is 19.1. The van der Waals surface area contributed by atoms with Crippen LogP contribution in [-0.2, 0) is 19.1 Å². The maximum atomic E-state index is 17.1. The molecular formula is C24H30F2O6. The number of carbonyl (C=O) groups excluding carboxylic acids is 2. The number of alkyl halides is 2. The van der Waals surface area contributed by atoms with Gasteiger partial charge in [0, 0.05) is 16.7 Å². The zero-order valence-electron chi connectivity index (χ0n) is 18.7. The smallest absolute Gasteiger partial charge is 0.193 e. The van der Waals surface area contributed by atoms with E-state index in [1.165, 1.54) is 19.1 Å². The lowest BCUT2D eigenvalue weighted by molar-refractivity contribution is -0.248. The van der Waals surface area contributed by atoms with Crippen LogP contribution in [0, 0.1) is 22.7 Å². The number of hydrogen-bond donors (Lipinski definition) is 2. The maximum Gasteiger partial charge on any atom is 0.193 e. The Morgan fingerprint density at radius 3 is 2.56 bits per heavy atom. The number of ether oxygens (including phenoxy) is 2. The molecule has 8 heteroatoms. The molecule has 6 nitrogen and oxygen atoms in total. The lowest BCUT2D eigenvalue weighted by Gasteiger charge is -2.63. The molecule has 4 aliphatic carbocycles. The molecule has 0 bridgehead atoms. The van der Waals surface area contributed by atoms with Gasteiger partial charge in [0.15, 0.2) is 28.6 Å². The van der Waals surface area contributed by atoms with Crippen LogP contribution in [0.4, 0.5) is 8.78 Å². The first-order valence-electron chi connectivity index (χ1n) is 11.3. The summed E-state index contributed by atoms with van der Waals surface area (Å²) in [4.78, 5) is 25.1. The molecule has 9 atom stereocenters. The van der Waals surface area contributed by atoms with Crippen LogP contribution < -0.4 is 0 Å². The van der Waals surface area contributed by atoms with Crippen molar-refractivity contribution in [2.75, 3.05) is 6.61 Å². The summed E-state index contributed by atoms with van der Waals surface area (Å²) in [6, 6.07) is 0. The van der Waals surface area contributed by atoms with E-state index in [2.05, 4.69) is 0 Å². The quantitative estimate of drug-likeness (QED) is 0.668. The Morgan fingerprint density at radius 1 is 1.22 bits per heavy atom. The van der Waals surface area contributed by atoms with Crippen LogP contribution in [0.3, 0.4) is 0 Å². The number of Topliss-reactive ketones (excluding diaryl/α,β-unsaturated/α-hetero) is 1. The van der Waals surface area contributed by atoms with E-state index < -0.39 is 76.3 Å². The van der Waals surface area contributed by atoms with Crippen molar-refractivity contribution in [2.24, 2.45) is 22.7 Å². The van der Waals surface area contributed by atoms with E-state index in [-0.39, 0.29) is 24.8 Å². The van der Waals surface area contributed by atoms with Gasteiger partial charge in [0.25, 0.3) is 0 Å². The first kappa shape index (κ1) is 22.3. The molecule has 0 aromatic carbocycles. The summed E-state index contributed by atoms with van der Waals surface area (Å²) in [6.07, 6.45) is -0.151. The van der Waals surface area contributed by atoms with E-state index in [0.717, 1.165) is 6.08 Å². The number of halogens is 2. The molecule has 0 amide bonds. The van der Waals surface area contributed by atoms with Crippen molar-refractivity contribution in [3.05, 3.63) is 23.8 Å². The Bertz CT molecular complexity index is 960. The summed E-state index contributed by atoms with van der Waals surface area (Å²) >= 11 is 0. The van der Waals surface area contributed by atoms with E-state index in [1.807, 2.05) is 0 Å². The second-order valence-electron chi connectivity index (χ2n) is 11.0. The molecule has 5 rings (SSSR count). The molecule has 2 N–H and O–H groups in total. The van der Waals surface area contributed by atoms with Crippen molar-refractivity contribution in [3.63, 3.8) is 0 Å². The lowest BCUT2D eigenvalue weighted by Crippen LogP contribution is -2.71. The summed E-state index contributed by atoms with van der Waals surface area (Å²) in [6.45, 7) is 5.87. The fraction of sp³-hybridized carbons (Fsp3) is 0.750. The molecule has 1 heterocycles. The monoisotopic (exact) mass is 452 g/mol. The maximum absolute atomic E-state index is 17.1. The molecule has 0 aromatic rings. The van der Waals surface area contributed by atoms with Crippen LogP contribution in [0.25, 0.3) is 0 Å². The minimum Gasteiger partial charge on any atom is -0.390 e. The number of aliphatic hydroxyl groups excluding tert-OH is 2. The molecule has 0 spiro atoms. The van der Waals surface area contributed by atoms with Crippen LogP contribution in [0.5, 0.6) is 0 Å². The van der Waals surface area contributed by atoms with Crippen LogP contribution in [0.15, 0.2) is 23.8 Å². The first-order valence-corrected chi connectivity index (χ1v) is 11.3. The molecule has 176 valence electrons. The zero-order chi connectivity index (χ0) is 23.5. The Hall–Kier alpha value is -1.48. The summed E-state index contributed by atoms with van der Waals surface area (Å²) in [5.41, 5.74) is -6.30. The Labute approximate surface area is 185 Å². The molecular weight excluding hydrogens is 422 g/mol. The Kier molecular flexibility index (Phi) is 4.42. The minimum absolute atomic E-state index is 0.0550. The predicted molar refractivity (Wildman–Crippen MR) is 109 cm³/mol. The number of fused-ring (bicyclic) bond motifs is 7. The number of aliphatic hydroxyl groups is 2. The number of ketones is 2. The highest BCUT2D eigenvalue weighted by Crippen LogP contribution is 2.72. The number of hydrogen-bond acceptors (Lipinski definition) is 6. The average Bonchev–Trinajstić information content (AvgIpc) is 3.11. The molecule has 1 saturated heterocycles. The van der Waals surface area contributed by atoms with E-state index in [1.54, 1.807) is 20.8 Å². The van der Waals surface area contributed by atoms with Gasteiger partial charge in [0.05, 0.1) is 12.2 Å². The second kappa shape index (κ2) is 6.34. The third-order valence-electron chi connectivity index (χ3n) is 9.18. The van der Waals surface area contributed by atoms with Gasteiger partial charge in [-0.25, -0.2) is 8.78 Å². The number of carbonyl (C=O) groups is 2. The van der Waals surface area contributed by atoms with Gasteiger partial charge in [0.2, 0.25) is 0 Å². The van der Waals surface area contributed by atoms with Crippen molar-refractivity contribution in [1.29, 1.82) is 0 Å². The molecule has 0 aromatic heterocycles. The van der Waals surface area contributed by atoms with E-state index in [4.69, 9.17) is 9.47 Å². The Morgan fingerprint density at radius 2 is 1.91 bits per heavy atom. The largest absolute Gasteiger partial charge is 0.390 e. The number of allylic oxidation sites excluding steroid dienone is 4. The van der Waals surface area contributed by atoms with Gasteiger partial charge >= 0.3 is 0 Å². The van der Waals surface area contributed by atoms with Gasteiger partial charge in [-0.1, -0.05) is 13.0 Å². The first-order chi connectivity index (χ1) is 14.8. The van der Waals surface area contributed by atoms with E-state index in [9.17, 15) is 19.8 Å². The third kappa shape index (κ3) is 2.32. The molecule has 32 heavy (non-hydrogen) atoms. The highest BCUT2D eigenvalue weighted by molar-refractivity contribution is 6.01. The lowest BCUT2D eigenvalue weighted by atomic mass is 9.44. The Balaban J connectivity index is 1.66. The van der Waals surface area contributed by atoms with Crippen LogP contribution >= 0.6 is 0 Å². The van der Waals surface area contributed by atoms with Gasteiger partial charge in [-0.3, -0.25) is 9.59 Å². The molecule has 0 radical (unpaired) electrons. The second-order valence-corrected chi connectivity index (χ2v) is 11.0. The minimum atomic E-state index is -2.24. The zero-order valence-corrected chi connectivity index (χ0v) is 18.7. The van der Waals surface area contributed by atoms with Gasteiger partial charge in [0.1, 0.15) is 12.8 Å². The van der Waals surface area contributed by atoms with Crippen molar-refractivity contribution >= 4 is 11.6 Å². The van der Waals surface area contributed by atoms with Crippen LogP contribution in [-0.4, -0.2) is 63.8 Å². The normalized spacial score (nSPS) is 53.2. The van der Waals surface area contributed by atoms with Gasteiger partial charge in [-0.05, 0) is 63.7 Å². The van der Waals surface area contributed by atoms with Crippen molar-refractivity contribution < 1.29 is 38.1 Å². The SMILES string of the molecule is CC1(C)O[C@@H]2C[C@H]3[C@@H]4C[C@H](F)C5=CC(=O)C=C[C@]5(C)[C@@]4(F)[C@H](O)C[C@@]3(C)[C@@]2(C(=O)CO)O1. The van der Waals surface area contributed by atoms with Gasteiger partial charge < -0.3 is 19.7 Å². The fourth-order valence-electron chi connectivity index (χ4n) is 7.92. The van der Waals surface area contributed by atoms with E-state index >= 15 is 8.78 Å². The van der Waals surface area contributed by atoms with E-state index in [0.29, 0.717) is 0 Å².